The number of nitrogens with zero attached hydrogens (tertiary/aromatic N) is 2. The van der Waals surface area contributed by atoms with Crippen LogP contribution in [-0.4, -0.2) is 20.5 Å². The molecule has 4 heteroatoms. The molecule has 2 heterocycles. The minimum atomic E-state index is -0.957. The molecule has 0 amide bonds. The molecule has 2 aromatic rings. The maximum Gasteiger partial charge on any atom is 0.328 e. The minimum Gasteiger partial charge on any atom is -0.478 e. The fraction of sp³-hybridized carbons (Fsp3) is 0.167. The summed E-state index contributed by atoms with van der Waals surface area (Å²) < 4.78 is 1.88. The van der Waals surface area contributed by atoms with Gasteiger partial charge in [-0.15, -0.1) is 0 Å². The standard InChI is InChI=1S/C12H12N2O2/c1-8-5-6-14-10(3-4-12(15)16)9(2)13-11(14)7-8/h3-7H,1-2H3,(H,15,16)/b4-3+. The first-order valence-corrected chi connectivity index (χ1v) is 4.94. The normalized spacial score (nSPS) is 11.4. The Balaban J connectivity index is 2.60. The third-order valence-electron chi connectivity index (χ3n) is 2.39. The molecule has 0 aliphatic heterocycles. The van der Waals surface area contributed by atoms with Crippen molar-refractivity contribution in [2.45, 2.75) is 13.8 Å². The Bertz CT molecular complexity index is 582. The third-order valence-corrected chi connectivity index (χ3v) is 2.39. The van der Waals surface area contributed by atoms with Gasteiger partial charge in [0, 0.05) is 12.3 Å². The summed E-state index contributed by atoms with van der Waals surface area (Å²) in [5.41, 5.74) is 3.59. The smallest absolute Gasteiger partial charge is 0.328 e. The molecular weight excluding hydrogens is 204 g/mol. The van der Waals surface area contributed by atoms with Crippen LogP contribution in [0.3, 0.4) is 0 Å². The van der Waals surface area contributed by atoms with Crippen molar-refractivity contribution in [2.24, 2.45) is 0 Å². The van der Waals surface area contributed by atoms with Gasteiger partial charge in [0.05, 0.1) is 11.4 Å². The van der Waals surface area contributed by atoms with Crippen molar-refractivity contribution in [3.63, 3.8) is 0 Å². The molecule has 0 saturated carbocycles. The van der Waals surface area contributed by atoms with Crippen molar-refractivity contribution in [1.82, 2.24) is 9.38 Å². The number of hydrogen-bond acceptors (Lipinski definition) is 2. The Morgan fingerprint density at radius 2 is 2.25 bits per heavy atom. The Hall–Kier alpha value is -2.10. The van der Waals surface area contributed by atoms with Crippen LogP contribution in [0.2, 0.25) is 0 Å². The second-order valence-corrected chi connectivity index (χ2v) is 3.69. The van der Waals surface area contributed by atoms with E-state index in [4.69, 9.17) is 5.11 Å². The summed E-state index contributed by atoms with van der Waals surface area (Å²) in [6, 6.07) is 3.93. The van der Waals surface area contributed by atoms with E-state index in [1.54, 1.807) is 6.08 Å². The number of carboxylic acids is 1. The number of carbonyl (C=O) groups is 1. The fourth-order valence-corrected chi connectivity index (χ4v) is 1.63. The fourth-order valence-electron chi connectivity index (χ4n) is 1.63. The van der Waals surface area contributed by atoms with Crippen LogP contribution in [0.5, 0.6) is 0 Å². The number of pyridine rings is 1. The van der Waals surface area contributed by atoms with E-state index in [1.807, 2.05) is 36.6 Å². The van der Waals surface area contributed by atoms with Gasteiger partial charge in [-0.1, -0.05) is 0 Å². The number of imidazole rings is 1. The highest BCUT2D eigenvalue weighted by Crippen LogP contribution is 2.14. The monoisotopic (exact) mass is 216 g/mol. The molecule has 4 nitrogen and oxygen atoms in total. The van der Waals surface area contributed by atoms with E-state index in [-0.39, 0.29) is 0 Å². The Morgan fingerprint density at radius 1 is 1.50 bits per heavy atom. The van der Waals surface area contributed by atoms with Gasteiger partial charge in [0.15, 0.2) is 0 Å². The summed E-state index contributed by atoms with van der Waals surface area (Å²) in [6.07, 6.45) is 4.58. The average Bonchev–Trinajstić information content (AvgIpc) is 2.50. The number of rotatable bonds is 2. The number of aliphatic carboxylic acids is 1. The molecule has 0 fully saturated rings. The second-order valence-electron chi connectivity index (χ2n) is 3.69. The number of aryl methyl sites for hydroxylation is 2. The molecule has 1 N–H and O–H groups in total. The maximum absolute atomic E-state index is 10.5. The van der Waals surface area contributed by atoms with E-state index < -0.39 is 5.97 Å². The first-order valence-electron chi connectivity index (χ1n) is 4.94. The Morgan fingerprint density at radius 3 is 2.94 bits per heavy atom. The van der Waals surface area contributed by atoms with Crippen LogP contribution < -0.4 is 0 Å². The van der Waals surface area contributed by atoms with Gasteiger partial charge in [0.1, 0.15) is 5.65 Å². The second kappa shape index (κ2) is 3.81. The van der Waals surface area contributed by atoms with Crippen molar-refractivity contribution in [2.75, 3.05) is 0 Å². The van der Waals surface area contributed by atoms with E-state index >= 15 is 0 Å². The van der Waals surface area contributed by atoms with Crippen LogP contribution >= 0.6 is 0 Å². The van der Waals surface area contributed by atoms with Gasteiger partial charge in [0.25, 0.3) is 0 Å². The lowest BCUT2D eigenvalue weighted by molar-refractivity contribution is -0.131. The van der Waals surface area contributed by atoms with Crippen molar-refractivity contribution in [3.8, 4) is 0 Å². The molecule has 0 spiro atoms. The molecule has 82 valence electrons. The van der Waals surface area contributed by atoms with Gasteiger partial charge in [0.2, 0.25) is 0 Å². The molecule has 0 atom stereocenters. The third kappa shape index (κ3) is 1.82. The van der Waals surface area contributed by atoms with E-state index in [1.165, 1.54) is 0 Å². The van der Waals surface area contributed by atoms with E-state index in [2.05, 4.69) is 4.98 Å². The van der Waals surface area contributed by atoms with Crippen molar-refractivity contribution in [3.05, 3.63) is 41.4 Å². The molecule has 0 radical (unpaired) electrons. The van der Waals surface area contributed by atoms with Crippen LogP contribution in [-0.2, 0) is 4.79 Å². The average molecular weight is 216 g/mol. The zero-order valence-corrected chi connectivity index (χ0v) is 9.14. The van der Waals surface area contributed by atoms with Crippen molar-refractivity contribution < 1.29 is 9.90 Å². The van der Waals surface area contributed by atoms with Crippen LogP contribution in [0.1, 0.15) is 17.0 Å². The van der Waals surface area contributed by atoms with E-state index in [9.17, 15) is 4.79 Å². The molecule has 16 heavy (non-hydrogen) atoms. The number of fused-ring (bicyclic) bond motifs is 1. The Kier molecular flexibility index (Phi) is 2.48. The highest BCUT2D eigenvalue weighted by atomic mass is 16.4. The molecule has 0 unspecified atom stereocenters. The van der Waals surface area contributed by atoms with Crippen LogP contribution in [0.4, 0.5) is 0 Å². The molecule has 0 aromatic carbocycles. The highest BCUT2D eigenvalue weighted by molar-refractivity contribution is 5.85. The van der Waals surface area contributed by atoms with Crippen molar-refractivity contribution in [1.29, 1.82) is 0 Å². The van der Waals surface area contributed by atoms with Crippen LogP contribution in [0.15, 0.2) is 24.4 Å². The summed E-state index contributed by atoms with van der Waals surface area (Å²) in [5.74, 6) is -0.957. The van der Waals surface area contributed by atoms with Crippen LogP contribution in [0.25, 0.3) is 11.7 Å². The molecular formula is C12H12N2O2. The van der Waals surface area contributed by atoms with Gasteiger partial charge in [-0.25, -0.2) is 9.78 Å². The van der Waals surface area contributed by atoms with Gasteiger partial charge >= 0.3 is 5.97 Å². The topological polar surface area (TPSA) is 54.6 Å². The molecule has 2 rings (SSSR count). The van der Waals surface area contributed by atoms with Crippen molar-refractivity contribution >= 4 is 17.7 Å². The lowest BCUT2D eigenvalue weighted by atomic mass is 10.3. The largest absolute Gasteiger partial charge is 0.478 e. The molecule has 2 aromatic heterocycles. The summed E-state index contributed by atoms with van der Waals surface area (Å²) in [4.78, 5) is 14.9. The lowest BCUT2D eigenvalue weighted by Gasteiger charge is -1.97. The Labute approximate surface area is 92.9 Å². The highest BCUT2D eigenvalue weighted by Gasteiger charge is 2.05. The SMILES string of the molecule is Cc1ccn2c(/C=C/C(=O)O)c(C)nc2c1. The predicted octanol–water partition coefficient (Wildman–Crippen LogP) is 2.05. The summed E-state index contributed by atoms with van der Waals surface area (Å²) in [6.45, 7) is 3.86. The van der Waals surface area contributed by atoms with Crippen LogP contribution in [0, 0.1) is 13.8 Å². The summed E-state index contributed by atoms with van der Waals surface area (Å²) >= 11 is 0. The van der Waals surface area contributed by atoms with Gasteiger partial charge in [-0.05, 0) is 37.6 Å². The summed E-state index contributed by atoms with van der Waals surface area (Å²) in [5, 5.41) is 8.60. The zero-order valence-electron chi connectivity index (χ0n) is 9.14. The van der Waals surface area contributed by atoms with Gasteiger partial charge in [-0.3, -0.25) is 4.40 Å². The zero-order chi connectivity index (χ0) is 11.7. The van der Waals surface area contributed by atoms with Gasteiger partial charge in [-0.2, -0.15) is 0 Å². The maximum atomic E-state index is 10.5. The van der Waals surface area contributed by atoms with E-state index in [0.29, 0.717) is 0 Å². The lowest BCUT2D eigenvalue weighted by Crippen LogP contribution is -1.90. The summed E-state index contributed by atoms with van der Waals surface area (Å²) in [7, 11) is 0. The van der Waals surface area contributed by atoms with Gasteiger partial charge < -0.3 is 5.11 Å². The number of hydrogen-bond donors (Lipinski definition) is 1. The number of aromatic nitrogens is 2. The quantitative estimate of drug-likeness (QED) is 0.781. The molecule has 0 saturated heterocycles. The number of carboxylic acid groups (broad SMARTS) is 1. The predicted molar refractivity (Wildman–Crippen MR) is 61.3 cm³/mol. The first kappa shape index (κ1) is 10.4. The molecule has 0 bridgehead atoms. The minimum absolute atomic E-state index is 0.803. The molecule has 0 aliphatic carbocycles. The van der Waals surface area contributed by atoms with E-state index in [0.717, 1.165) is 28.7 Å². The molecule has 0 aliphatic rings. The first-order chi connectivity index (χ1) is 7.58.